The molecule has 0 aliphatic carbocycles. The van der Waals surface area contributed by atoms with E-state index in [9.17, 15) is 19.2 Å². The van der Waals surface area contributed by atoms with Crippen LogP contribution in [-0.4, -0.2) is 59.6 Å². The number of benzene rings is 2. The molecule has 4 rings (SSSR count). The van der Waals surface area contributed by atoms with Gasteiger partial charge in [0, 0.05) is 12.1 Å². The molecule has 0 saturated carbocycles. The number of nitrogens with two attached hydrogens (primary N) is 1. The number of carbonyl (C=O) groups is 4. The summed E-state index contributed by atoms with van der Waals surface area (Å²) in [6.45, 7) is 2.15. The van der Waals surface area contributed by atoms with Crippen molar-refractivity contribution in [2.24, 2.45) is 0 Å². The third-order valence-electron chi connectivity index (χ3n) is 6.37. The summed E-state index contributed by atoms with van der Waals surface area (Å²) in [6, 6.07) is 11.6. The number of nitrogen functional groups attached to an aromatic ring is 1. The van der Waals surface area contributed by atoms with Gasteiger partial charge in [0.2, 0.25) is 18.1 Å². The molecule has 3 amide bonds. The number of hydrogen-bond donors (Lipinski definition) is 3. The largest absolute Gasteiger partial charge is 0.433 e. The molecule has 2 heterocycles. The number of cyclic esters (lactones) is 1. The maximum absolute atomic E-state index is 13.1. The van der Waals surface area contributed by atoms with Crippen LogP contribution < -0.4 is 16.4 Å². The van der Waals surface area contributed by atoms with Crippen molar-refractivity contribution in [3.8, 4) is 0 Å². The molecule has 0 spiro atoms. The molecule has 0 radical (unpaired) electrons. The Morgan fingerprint density at radius 3 is 2.70 bits per heavy atom. The lowest BCUT2D eigenvalue weighted by Crippen LogP contribution is -2.54. The first-order valence-electron chi connectivity index (χ1n) is 12.0. The fourth-order valence-electron chi connectivity index (χ4n) is 4.40. The predicted octanol–water partition coefficient (Wildman–Crippen LogP) is 2.01. The van der Waals surface area contributed by atoms with E-state index in [4.69, 9.17) is 26.8 Å². The van der Waals surface area contributed by atoms with E-state index in [0.29, 0.717) is 25.1 Å². The van der Waals surface area contributed by atoms with Gasteiger partial charge in [-0.25, -0.2) is 0 Å². The molecule has 2 aromatic rings. The molecule has 10 nitrogen and oxygen atoms in total. The standard InChI is InChI=1S/C26H29ClN4O6/c1-15(29-23(33)17-9-10-19(28)18(27)12-17)25(35)31-11-5-8-21(31)24(34)30-20-13-22(32)37-26(20)36-14-16-6-3-2-4-7-16/h2-4,6-7,9-10,12,15,20-21,26H,5,8,11,13-14,28H2,1H3,(H,29,33)(H,30,34)/t15-,20-,21-,26-/m0/s1. The van der Waals surface area contributed by atoms with Crippen LogP contribution in [-0.2, 0) is 30.5 Å². The van der Waals surface area contributed by atoms with E-state index in [0.717, 1.165) is 5.56 Å². The molecular formula is C26H29ClN4O6. The number of hydrogen-bond acceptors (Lipinski definition) is 7. The second kappa shape index (κ2) is 11.6. The number of ether oxygens (including phenoxy) is 2. The summed E-state index contributed by atoms with van der Waals surface area (Å²) < 4.78 is 11.0. The first-order chi connectivity index (χ1) is 17.7. The Morgan fingerprint density at radius 2 is 1.97 bits per heavy atom. The zero-order valence-corrected chi connectivity index (χ0v) is 21.1. The third kappa shape index (κ3) is 6.39. The van der Waals surface area contributed by atoms with Crippen LogP contribution in [0.1, 0.15) is 42.1 Å². The Labute approximate surface area is 219 Å². The van der Waals surface area contributed by atoms with Gasteiger partial charge in [-0.05, 0) is 43.5 Å². The number of nitrogens with one attached hydrogen (secondary N) is 2. The second-order valence-corrected chi connectivity index (χ2v) is 9.50. The summed E-state index contributed by atoms with van der Waals surface area (Å²) in [5, 5.41) is 5.71. The number of nitrogens with zero attached hydrogens (tertiary/aromatic N) is 1. The Bertz CT molecular complexity index is 1180. The van der Waals surface area contributed by atoms with E-state index < -0.39 is 42.2 Å². The smallest absolute Gasteiger partial charge is 0.310 e. The van der Waals surface area contributed by atoms with Crippen LogP contribution in [0.3, 0.4) is 0 Å². The van der Waals surface area contributed by atoms with Crippen LogP contribution in [0.5, 0.6) is 0 Å². The molecule has 0 aromatic heterocycles. The quantitative estimate of drug-likeness (QED) is 0.351. The highest BCUT2D eigenvalue weighted by Gasteiger charge is 2.41. The van der Waals surface area contributed by atoms with Gasteiger partial charge < -0.3 is 30.7 Å². The van der Waals surface area contributed by atoms with Gasteiger partial charge in [0.25, 0.3) is 5.91 Å². The first kappa shape index (κ1) is 26.4. The fourth-order valence-corrected chi connectivity index (χ4v) is 4.58. The van der Waals surface area contributed by atoms with Crippen molar-refractivity contribution in [2.75, 3.05) is 12.3 Å². The first-order valence-corrected chi connectivity index (χ1v) is 12.4. The number of rotatable bonds is 8. The van der Waals surface area contributed by atoms with E-state index in [-0.39, 0.29) is 29.5 Å². The van der Waals surface area contributed by atoms with Crippen LogP contribution in [0.25, 0.3) is 0 Å². The minimum atomic E-state index is -0.924. The molecular weight excluding hydrogens is 500 g/mol. The SMILES string of the molecule is C[C@H](NC(=O)c1ccc(N)c(Cl)c1)C(=O)N1CCC[C@H]1C(=O)N[C@H]1CC(=O)O[C@@H]1OCc1ccccc1. The van der Waals surface area contributed by atoms with Crippen LogP contribution in [0.4, 0.5) is 5.69 Å². The Morgan fingerprint density at radius 1 is 1.22 bits per heavy atom. The number of carbonyl (C=O) groups excluding carboxylic acids is 4. The van der Waals surface area contributed by atoms with Gasteiger partial charge in [-0.2, -0.15) is 0 Å². The van der Waals surface area contributed by atoms with Crippen LogP contribution >= 0.6 is 11.6 Å². The lowest BCUT2D eigenvalue weighted by Gasteiger charge is -2.28. The van der Waals surface area contributed by atoms with E-state index in [1.165, 1.54) is 23.1 Å². The normalized spacial score (nSPS) is 21.8. The minimum absolute atomic E-state index is 0.0253. The number of halogens is 1. The summed E-state index contributed by atoms with van der Waals surface area (Å²) >= 11 is 5.99. The van der Waals surface area contributed by atoms with Crippen molar-refractivity contribution in [3.05, 3.63) is 64.7 Å². The summed E-state index contributed by atoms with van der Waals surface area (Å²) in [5.41, 5.74) is 7.20. The van der Waals surface area contributed by atoms with Crippen molar-refractivity contribution in [1.82, 2.24) is 15.5 Å². The number of likely N-dealkylation sites (tertiary alicyclic amines) is 1. The van der Waals surface area contributed by atoms with Crippen molar-refractivity contribution in [1.29, 1.82) is 0 Å². The maximum Gasteiger partial charge on any atom is 0.310 e. The monoisotopic (exact) mass is 528 g/mol. The Balaban J connectivity index is 1.34. The van der Waals surface area contributed by atoms with Gasteiger partial charge in [-0.1, -0.05) is 41.9 Å². The van der Waals surface area contributed by atoms with Gasteiger partial charge in [-0.3, -0.25) is 19.2 Å². The fraction of sp³-hybridized carbons (Fsp3) is 0.385. The molecule has 2 aromatic carbocycles. The van der Waals surface area contributed by atoms with Crippen molar-refractivity contribution in [2.45, 2.75) is 57.2 Å². The van der Waals surface area contributed by atoms with Crippen LogP contribution in [0.15, 0.2) is 48.5 Å². The molecule has 2 fully saturated rings. The third-order valence-corrected chi connectivity index (χ3v) is 6.69. The molecule has 0 bridgehead atoms. The van der Waals surface area contributed by atoms with Crippen molar-refractivity contribution < 1.29 is 28.7 Å². The molecule has 2 saturated heterocycles. The molecule has 196 valence electrons. The molecule has 4 atom stereocenters. The van der Waals surface area contributed by atoms with Gasteiger partial charge in [0.1, 0.15) is 18.1 Å². The van der Waals surface area contributed by atoms with Crippen molar-refractivity contribution >= 4 is 41.0 Å². The average molecular weight is 529 g/mol. The topological polar surface area (TPSA) is 140 Å². The van der Waals surface area contributed by atoms with E-state index in [2.05, 4.69) is 10.6 Å². The van der Waals surface area contributed by atoms with Gasteiger partial charge in [0.05, 0.1) is 23.7 Å². The average Bonchev–Trinajstić information content (AvgIpc) is 3.51. The number of anilines is 1. The van der Waals surface area contributed by atoms with E-state index in [1.54, 1.807) is 6.92 Å². The predicted molar refractivity (Wildman–Crippen MR) is 135 cm³/mol. The summed E-state index contributed by atoms with van der Waals surface area (Å²) in [6.07, 6.45) is 0.143. The molecule has 0 unspecified atom stereocenters. The highest BCUT2D eigenvalue weighted by atomic mass is 35.5. The lowest BCUT2D eigenvalue weighted by atomic mass is 10.1. The lowest BCUT2D eigenvalue weighted by molar-refractivity contribution is -0.168. The summed E-state index contributed by atoms with van der Waals surface area (Å²) in [7, 11) is 0. The summed E-state index contributed by atoms with van der Waals surface area (Å²) in [5.74, 6) is -1.74. The number of amides is 3. The number of esters is 1. The maximum atomic E-state index is 13.1. The highest BCUT2D eigenvalue weighted by Crippen LogP contribution is 2.23. The molecule has 11 heteroatoms. The molecule has 2 aliphatic heterocycles. The van der Waals surface area contributed by atoms with Crippen LogP contribution in [0, 0.1) is 0 Å². The Kier molecular flexibility index (Phi) is 8.30. The van der Waals surface area contributed by atoms with Gasteiger partial charge in [0.15, 0.2) is 0 Å². The zero-order chi connectivity index (χ0) is 26.5. The zero-order valence-electron chi connectivity index (χ0n) is 20.3. The molecule has 4 N–H and O–H groups in total. The summed E-state index contributed by atoms with van der Waals surface area (Å²) in [4.78, 5) is 52.3. The minimum Gasteiger partial charge on any atom is -0.433 e. The van der Waals surface area contributed by atoms with Crippen LogP contribution in [0.2, 0.25) is 5.02 Å². The molecule has 2 aliphatic rings. The highest BCUT2D eigenvalue weighted by molar-refractivity contribution is 6.33. The van der Waals surface area contributed by atoms with E-state index in [1.807, 2.05) is 30.3 Å². The Hall–Kier alpha value is -3.63. The second-order valence-electron chi connectivity index (χ2n) is 9.10. The van der Waals surface area contributed by atoms with Gasteiger partial charge in [-0.15, -0.1) is 0 Å². The van der Waals surface area contributed by atoms with Crippen molar-refractivity contribution in [3.63, 3.8) is 0 Å². The molecule has 37 heavy (non-hydrogen) atoms. The van der Waals surface area contributed by atoms with E-state index >= 15 is 0 Å². The van der Waals surface area contributed by atoms with Gasteiger partial charge >= 0.3 is 5.97 Å².